The van der Waals surface area contributed by atoms with Gasteiger partial charge in [0, 0.05) is 44.9 Å². The first-order valence-electron chi connectivity index (χ1n) is 8.60. The van der Waals surface area contributed by atoms with Gasteiger partial charge < -0.3 is 4.74 Å². The topological polar surface area (TPSA) is 93.0 Å². The second-order valence-electron chi connectivity index (χ2n) is 6.40. The van der Waals surface area contributed by atoms with Gasteiger partial charge in [-0.3, -0.25) is 15.0 Å². The van der Waals surface area contributed by atoms with Gasteiger partial charge in [-0.05, 0) is 45.8 Å². The Morgan fingerprint density at radius 1 is 1.11 bits per heavy atom. The van der Waals surface area contributed by atoms with Gasteiger partial charge in [-0.15, -0.1) is 0 Å². The average Bonchev–Trinajstić information content (AvgIpc) is 2.68. The molecule has 10 heteroatoms. The zero-order valence-corrected chi connectivity index (χ0v) is 17.6. The van der Waals surface area contributed by atoms with Crippen molar-refractivity contribution in [1.82, 2.24) is 9.21 Å². The Labute approximate surface area is 172 Å². The van der Waals surface area contributed by atoms with Gasteiger partial charge in [-0.1, -0.05) is 6.07 Å². The molecular weight excluding hydrogens is 450 g/mol. The predicted molar refractivity (Wildman–Crippen MR) is 108 cm³/mol. The maximum absolute atomic E-state index is 12.8. The molecular formula is C18H20BrN3O5S. The number of sulfonamides is 1. The number of methoxy groups -OCH3 is 1. The summed E-state index contributed by atoms with van der Waals surface area (Å²) in [5.74, 6) is 0.766. The molecule has 8 nitrogen and oxygen atoms in total. The Morgan fingerprint density at radius 2 is 1.75 bits per heavy atom. The summed E-state index contributed by atoms with van der Waals surface area (Å²) in [5.41, 5.74) is 0.980. The van der Waals surface area contributed by atoms with Crippen LogP contribution in [0.1, 0.15) is 5.56 Å². The second-order valence-corrected chi connectivity index (χ2v) is 9.19. The number of hydrogen-bond acceptors (Lipinski definition) is 6. The Kier molecular flexibility index (Phi) is 6.33. The first-order valence-corrected chi connectivity index (χ1v) is 10.8. The van der Waals surface area contributed by atoms with Crippen LogP contribution in [-0.2, 0) is 16.6 Å². The lowest BCUT2D eigenvalue weighted by Crippen LogP contribution is -2.48. The fraction of sp³-hybridized carbons (Fsp3) is 0.333. The zero-order chi connectivity index (χ0) is 20.3. The van der Waals surface area contributed by atoms with Crippen LogP contribution in [-0.4, -0.2) is 55.8 Å². The monoisotopic (exact) mass is 469 g/mol. The highest BCUT2D eigenvalue weighted by molar-refractivity contribution is 9.10. The van der Waals surface area contributed by atoms with E-state index in [4.69, 9.17) is 4.74 Å². The van der Waals surface area contributed by atoms with E-state index >= 15 is 0 Å². The van der Waals surface area contributed by atoms with Gasteiger partial charge in [0.15, 0.2) is 0 Å². The number of nitro groups is 1. The maximum Gasteiger partial charge on any atom is 0.269 e. The van der Waals surface area contributed by atoms with Crippen LogP contribution in [0.4, 0.5) is 5.69 Å². The Balaban J connectivity index is 1.62. The molecule has 1 aliphatic rings. The molecule has 28 heavy (non-hydrogen) atoms. The second kappa shape index (κ2) is 8.56. The lowest BCUT2D eigenvalue weighted by atomic mass is 10.2. The van der Waals surface area contributed by atoms with Gasteiger partial charge in [0.25, 0.3) is 5.69 Å². The van der Waals surface area contributed by atoms with Gasteiger partial charge >= 0.3 is 0 Å². The van der Waals surface area contributed by atoms with Gasteiger partial charge in [-0.2, -0.15) is 4.31 Å². The highest BCUT2D eigenvalue weighted by Crippen LogP contribution is 2.26. The summed E-state index contributed by atoms with van der Waals surface area (Å²) in [6.07, 6.45) is 0. The van der Waals surface area contributed by atoms with Crippen molar-refractivity contribution in [2.24, 2.45) is 0 Å². The van der Waals surface area contributed by atoms with Crippen molar-refractivity contribution < 1.29 is 18.1 Å². The summed E-state index contributed by atoms with van der Waals surface area (Å²) in [4.78, 5) is 12.5. The van der Waals surface area contributed by atoms with Crippen LogP contribution in [0.3, 0.4) is 0 Å². The van der Waals surface area contributed by atoms with E-state index in [1.54, 1.807) is 7.11 Å². The minimum absolute atomic E-state index is 0.0747. The van der Waals surface area contributed by atoms with Crippen LogP contribution in [0.2, 0.25) is 0 Å². The molecule has 0 saturated carbocycles. The molecule has 0 unspecified atom stereocenters. The van der Waals surface area contributed by atoms with Crippen molar-refractivity contribution >= 4 is 31.6 Å². The number of hydrogen-bond donors (Lipinski definition) is 0. The van der Waals surface area contributed by atoms with E-state index in [0.29, 0.717) is 32.7 Å². The van der Waals surface area contributed by atoms with Crippen LogP contribution < -0.4 is 4.74 Å². The van der Waals surface area contributed by atoms with Gasteiger partial charge in [-0.25, -0.2) is 8.42 Å². The molecule has 0 radical (unpaired) electrons. The van der Waals surface area contributed by atoms with Crippen molar-refractivity contribution in [3.63, 3.8) is 0 Å². The van der Waals surface area contributed by atoms with Crippen molar-refractivity contribution in [1.29, 1.82) is 0 Å². The summed E-state index contributed by atoms with van der Waals surface area (Å²) in [6.45, 7) is 2.67. The first-order chi connectivity index (χ1) is 13.3. The minimum atomic E-state index is -3.66. The number of ether oxygens (including phenoxy) is 1. The lowest BCUT2D eigenvalue weighted by Gasteiger charge is -2.34. The SMILES string of the molecule is COc1ccc(CN2CCN(S(=O)(=O)c3ccc([N+](=O)[O-])cc3)CC2)cc1Br. The van der Waals surface area contributed by atoms with Crippen molar-refractivity contribution in [2.45, 2.75) is 11.4 Å². The van der Waals surface area contributed by atoms with Crippen LogP contribution in [0, 0.1) is 10.1 Å². The van der Waals surface area contributed by atoms with Crippen molar-refractivity contribution in [3.8, 4) is 5.75 Å². The molecule has 0 aromatic heterocycles. The van der Waals surface area contributed by atoms with Crippen LogP contribution >= 0.6 is 15.9 Å². The predicted octanol–water partition coefficient (Wildman–Crippen LogP) is 2.87. The molecule has 0 aliphatic carbocycles. The Bertz CT molecular complexity index is 958. The molecule has 0 atom stereocenters. The maximum atomic E-state index is 12.8. The van der Waals surface area contributed by atoms with Crippen LogP contribution in [0.25, 0.3) is 0 Å². The molecule has 3 rings (SSSR count). The Morgan fingerprint density at radius 3 is 2.29 bits per heavy atom. The molecule has 1 heterocycles. The summed E-state index contributed by atoms with van der Waals surface area (Å²) < 4.78 is 33.1. The number of nitrogens with zero attached hydrogens (tertiary/aromatic N) is 3. The van der Waals surface area contributed by atoms with E-state index in [-0.39, 0.29) is 10.6 Å². The van der Waals surface area contributed by atoms with E-state index in [1.165, 1.54) is 28.6 Å². The van der Waals surface area contributed by atoms with E-state index in [1.807, 2.05) is 18.2 Å². The van der Waals surface area contributed by atoms with E-state index in [2.05, 4.69) is 20.8 Å². The molecule has 0 spiro atoms. The van der Waals surface area contributed by atoms with E-state index < -0.39 is 14.9 Å². The molecule has 1 saturated heterocycles. The van der Waals surface area contributed by atoms with Crippen LogP contribution in [0.5, 0.6) is 5.75 Å². The molecule has 150 valence electrons. The number of halogens is 1. The highest BCUT2D eigenvalue weighted by atomic mass is 79.9. The van der Waals surface area contributed by atoms with Gasteiger partial charge in [0.1, 0.15) is 5.75 Å². The molecule has 1 aliphatic heterocycles. The normalized spacial score (nSPS) is 16.1. The third-order valence-electron chi connectivity index (χ3n) is 4.64. The largest absolute Gasteiger partial charge is 0.496 e. The summed E-state index contributed by atoms with van der Waals surface area (Å²) >= 11 is 3.47. The lowest BCUT2D eigenvalue weighted by molar-refractivity contribution is -0.384. The molecule has 1 fully saturated rings. The number of piperazine rings is 1. The molecule has 2 aromatic carbocycles. The number of benzene rings is 2. The summed E-state index contributed by atoms with van der Waals surface area (Å²) in [7, 11) is -2.04. The van der Waals surface area contributed by atoms with Crippen molar-refractivity contribution in [2.75, 3.05) is 33.3 Å². The first kappa shape index (κ1) is 20.7. The van der Waals surface area contributed by atoms with Gasteiger partial charge in [0.05, 0.1) is 21.4 Å². The third-order valence-corrected chi connectivity index (χ3v) is 7.17. The average molecular weight is 470 g/mol. The third kappa shape index (κ3) is 4.52. The number of nitro benzene ring substituents is 1. The fourth-order valence-corrected chi connectivity index (χ4v) is 5.09. The summed E-state index contributed by atoms with van der Waals surface area (Å²) in [6, 6.07) is 10.9. The highest BCUT2D eigenvalue weighted by Gasteiger charge is 2.28. The smallest absolute Gasteiger partial charge is 0.269 e. The quantitative estimate of drug-likeness (QED) is 0.476. The Hall–Kier alpha value is -2.01. The number of non-ortho nitro benzene ring substituents is 1. The minimum Gasteiger partial charge on any atom is -0.496 e. The molecule has 0 N–H and O–H groups in total. The van der Waals surface area contributed by atoms with Crippen LogP contribution in [0.15, 0.2) is 51.8 Å². The fourth-order valence-electron chi connectivity index (χ4n) is 3.08. The zero-order valence-electron chi connectivity index (χ0n) is 15.2. The molecule has 0 amide bonds. The van der Waals surface area contributed by atoms with E-state index in [0.717, 1.165) is 15.8 Å². The molecule has 0 bridgehead atoms. The van der Waals surface area contributed by atoms with E-state index in [9.17, 15) is 18.5 Å². The number of rotatable bonds is 6. The standard InChI is InChI=1S/C18H20BrN3O5S/c1-27-18-7-2-14(12-17(18)19)13-20-8-10-21(11-9-20)28(25,26)16-5-3-15(4-6-16)22(23)24/h2-7,12H,8-11,13H2,1H3. The van der Waals surface area contributed by atoms with Gasteiger partial charge in [0.2, 0.25) is 10.0 Å². The molecule has 2 aromatic rings. The van der Waals surface area contributed by atoms with Crippen molar-refractivity contribution in [3.05, 3.63) is 62.6 Å². The summed E-state index contributed by atoms with van der Waals surface area (Å²) in [5, 5.41) is 10.7.